The Morgan fingerprint density at radius 2 is 2.11 bits per heavy atom. The van der Waals surface area contributed by atoms with Gasteiger partial charge in [0.05, 0.1) is 30.1 Å². The maximum atomic E-state index is 6.43. The summed E-state index contributed by atoms with van der Waals surface area (Å²) >= 11 is 0. The second-order valence-corrected chi connectivity index (χ2v) is 9.71. The van der Waals surface area contributed by atoms with Crippen LogP contribution in [0.4, 0.5) is 5.82 Å². The van der Waals surface area contributed by atoms with Crippen LogP contribution in [0.5, 0.6) is 5.75 Å². The number of hydrogen-bond acceptors (Lipinski definition) is 8. The van der Waals surface area contributed by atoms with E-state index in [1.807, 2.05) is 29.7 Å². The largest absolute Gasteiger partial charge is 0.494 e. The van der Waals surface area contributed by atoms with Crippen molar-refractivity contribution < 1.29 is 9.47 Å². The van der Waals surface area contributed by atoms with Crippen LogP contribution in [0.2, 0.25) is 0 Å². The van der Waals surface area contributed by atoms with Crippen molar-refractivity contribution in [3.8, 4) is 5.75 Å². The van der Waals surface area contributed by atoms with Crippen molar-refractivity contribution in [3.63, 3.8) is 0 Å². The van der Waals surface area contributed by atoms with Gasteiger partial charge in [-0.05, 0) is 65.1 Å². The first-order valence-electron chi connectivity index (χ1n) is 13.0. The lowest BCUT2D eigenvalue weighted by Gasteiger charge is -2.29. The molecule has 1 saturated heterocycles. The molecule has 2 atom stereocenters. The molecule has 3 N–H and O–H groups in total. The Labute approximate surface area is 211 Å². The van der Waals surface area contributed by atoms with Gasteiger partial charge >= 0.3 is 0 Å². The first-order chi connectivity index (χ1) is 17.5. The van der Waals surface area contributed by atoms with E-state index in [0.29, 0.717) is 24.0 Å². The number of fused-ring (bicyclic) bond motifs is 2. The molecular weight excluding hydrogens is 456 g/mol. The van der Waals surface area contributed by atoms with Crippen molar-refractivity contribution in [2.75, 3.05) is 25.4 Å². The number of rotatable bonds is 11. The number of unbranched alkanes of at least 4 members (excludes halogenated alkanes) is 1. The fourth-order valence-corrected chi connectivity index (χ4v) is 4.95. The normalized spacial score (nSPS) is 18.2. The number of aryl methyl sites for hydroxylation is 1. The van der Waals surface area contributed by atoms with Gasteiger partial charge in [-0.1, -0.05) is 0 Å². The number of nitrogens with one attached hydrogen (secondary N) is 1. The van der Waals surface area contributed by atoms with E-state index in [4.69, 9.17) is 20.2 Å². The first kappa shape index (κ1) is 24.5. The summed E-state index contributed by atoms with van der Waals surface area (Å²) in [5, 5.41) is 0. The fourth-order valence-electron chi connectivity index (χ4n) is 4.95. The van der Waals surface area contributed by atoms with E-state index in [1.54, 1.807) is 6.33 Å². The molecule has 0 saturated carbocycles. The SMILES string of the molecule is CCOc1ccc2nc(CCCCN(CC3CCC(n4cnc5c(N)ncnc54)O3)C(C)C)[nH]c2c1. The molecule has 3 aromatic heterocycles. The van der Waals surface area contributed by atoms with Gasteiger partial charge in [0.25, 0.3) is 0 Å². The Balaban J connectivity index is 1.12. The molecule has 10 nitrogen and oxygen atoms in total. The molecule has 192 valence electrons. The Hall–Kier alpha value is -3.24. The molecule has 1 fully saturated rings. The minimum absolute atomic E-state index is 0.0698. The van der Waals surface area contributed by atoms with Crippen molar-refractivity contribution in [1.82, 2.24) is 34.4 Å². The maximum Gasteiger partial charge on any atom is 0.167 e. The molecule has 5 rings (SSSR count). The molecule has 0 aliphatic carbocycles. The highest BCUT2D eigenvalue weighted by atomic mass is 16.5. The van der Waals surface area contributed by atoms with Crippen LogP contribution in [0.15, 0.2) is 30.9 Å². The Bertz CT molecular complexity index is 1300. The van der Waals surface area contributed by atoms with Crippen molar-refractivity contribution in [2.45, 2.75) is 71.2 Å². The summed E-state index contributed by atoms with van der Waals surface area (Å²) in [5.74, 6) is 2.31. The Morgan fingerprint density at radius 3 is 2.94 bits per heavy atom. The predicted molar refractivity (Wildman–Crippen MR) is 140 cm³/mol. The summed E-state index contributed by atoms with van der Waals surface area (Å²) < 4.78 is 14.0. The average Bonchev–Trinajstić information content (AvgIpc) is 3.59. The van der Waals surface area contributed by atoms with Crippen molar-refractivity contribution in [3.05, 3.63) is 36.7 Å². The van der Waals surface area contributed by atoms with Gasteiger partial charge in [0, 0.05) is 25.1 Å². The topological polar surface area (TPSA) is 120 Å². The first-order valence-corrected chi connectivity index (χ1v) is 13.0. The molecule has 1 aliphatic rings. The van der Waals surface area contributed by atoms with E-state index in [2.05, 4.69) is 38.7 Å². The number of nitrogens with two attached hydrogens (primary N) is 1. The monoisotopic (exact) mass is 492 g/mol. The molecule has 36 heavy (non-hydrogen) atoms. The van der Waals surface area contributed by atoms with Crippen molar-refractivity contribution >= 4 is 28.0 Å². The molecule has 4 heterocycles. The number of nitrogens with zero attached hydrogens (tertiary/aromatic N) is 6. The zero-order valence-electron chi connectivity index (χ0n) is 21.4. The van der Waals surface area contributed by atoms with E-state index in [0.717, 1.165) is 73.4 Å². The van der Waals surface area contributed by atoms with Crippen molar-refractivity contribution in [1.29, 1.82) is 0 Å². The summed E-state index contributed by atoms with van der Waals surface area (Å²) in [4.78, 5) is 23.5. The summed E-state index contributed by atoms with van der Waals surface area (Å²) in [6.07, 6.45) is 8.43. The lowest BCUT2D eigenvalue weighted by Crippen LogP contribution is -2.38. The molecule has 1 aromatic carbocycles. The lowest BCUT2D eigenvalue weighted by molar-refractivity contribution is -0.0160. The number of aromatic nitrogens is 6. The van der Waals surface area contributed by atoms with E-state index in [1.165, 1.54) is 6.33 Å². The van der Waals surface area contributed by atoms with Gasteiger partial charge in [-0.2, -0.15) is 0 Å². The zero-order valence-corrected chi connectivity index (χ0v) is 21.4. The molecule has 0 bridgehead atoms. The van der Waals surface area contributed by atoms with Gasteiger partial charge < -0.3 is 20.2 Å². The predicted octanol–water partition coefficient (Wildman–Crippen LogP) is 4.09. The van der Waals surface area contributed by atoms with Crippen LogP contribution in [0.3, 0.4) is 0 Å². The Morgan fingerprint density at radius 1 is 1.22 bits per heavy atom. The van der Waals surface area contributed by atoms with Gasteiger partial charge in [0.2, 0.25) is 0 Å². The van der Waals surface area contributed by atoms with Crippen LogP contribution in [0, 0.1) is 0 Å². The van der Waals surface area contributed by atoms with Gasteiger partial charge in [0.1, 0.15) is 29.6 Å². The average molecular weight is 493 g/mol. The molecule has 0 spiro atoms. The van der Waals surface area contributed by atoms with E-state index >= 15 is 0 Å². The molecule has 1 aliphatic heterocycles. The third-order valence-electron chi connectivity index (χ3n) is 6.87. The number of hydrogen-bond donors (Lipinski definition) is 2. The molecular formula is C26H36N8O2. The highest BCUT2D eigenvalue weighted by molar-refractivity contribution is 5.81. The van der Waals surface area contributed by atoms with Crippen LogP contribution >= 0.6 is 0 Å². The van der Waals surface area contributed by atoms with Crippen LogP contribution in [-0.4, -0.2) is 66.2 Å². The minimum atomic E-state index is -0.0698. The van der Waals surface area contributed by atoms with Gasteiger partial charge in [0.15, 0.2) is 11.5 Å². The van der Waals surface area contributed by atoms with E-state index in [9.17, 15) is 0 Å². The summed E-state index contributed by atoms with van der Waals surface area (Å²) in [6.45, 7) is 9.12. The van der Waals surface area contributed by atoms with Crippen LogP contribution < -0.4 is 10.5 Å². The van der Waals surface area contributed by atoms with Gasteiger partial charge in [-0.25, -0.2) is 19.9 Å². The number of ether oxygens (including phenoxy) is 2. The minimum Gasteiger partial charge on any atom is -0.494 e. The molecule has 4 aromatic rings. The van der Waals surface area contributed by atoms with Crippen LogP contribution in [-0.2, 0) is 11.2 Å². The summed E-state index contributed by atoms with van der Waals surface area (Å²) in [7, 11) is 0. The lowest BCUT2D eigenvalue weighted by atomic mass is 10.1. The maximum absolute atomic E-state index is 6.43. The standard InChI is InChI=1S/C26H36N8O2/c1-4-35-18-8-10-20-21(13-18)32-22(31-20)7-5-6-12-33(17(2)3)14-19-9-11-23(36-19)34-16-30-24-25(27)28-15-29-26(24)34/h8,10,13,15-17,19,23H,4-7,9,11-12,14H2,1-3H3,(H,31,32)(H2,27,28,29). The molecule has 0 amide bonds. The molecule has 0 radical (unpaired) electrons. The van der Waals surface area contributed by atoms with E-state index in [-0.39, 0.29) is 12.3 Å². The van der Waals surface area contributed by atoms with E-state index < -0.39 is 0 Å². The van der Waals surface area contributed by atoms with Crippen molar-refractivity contribution in [2.24, 2.45) is 0 Å². The second-order valence-electron chi connectivity index (χ2n) is 9.71. The van der Waals surface area contributed by atoms with Crippen LogP contribution in [0.25, 0.3) is 22.2 Å². The number of benzene rings is 1. The summed E-state index contributed by atoms with van der Waals surface area (Å²) in [6, 6.07) is 6.48. The molecule has 2 unspecified atom stereocenters. The Kier molecular flexibility index (Phi) is 7.33. The number of anilines is 1. The highest BCUT2D eigenvalue weighted by Crippen LogP contribution is 2.31. The number of aromatic amines is 1. The third-order valence-corrected chi connectivity index (χ3v) is 6.87. The van der Waals surface area contributed by atoms with Crippen LogP contribution in [0.1, 0.15) is 58.5 Å². The summed E-state index contributed by atoms with van der Waals surface area (Å²) in [5.41, 5.74) is 9.33. The fraction of sp³-hybridized carbons (Fsp3) is 0.538. The second kappa shape index (κ2) is 10.8. The number of nitrogen functional groups attached to an aromatic ring is 1. The zero-order chi connectivity index (χ0) is 25.1. The smallest absolute Gasteiger partial charge is 0.167 e. The third kappa shape index (κ3) is 5.29. The molecule has 10 heteroatoms. The van der Waals surface area contributed by atoms with Gasteiger partial charge in [-0.15, -0.1) is 0 Å². The number of imidazole rings is 2. The number of H-pyrrole nitrogens is 1. The highest BCUT2D eigenvalue weighted by Gasteiger charge is 2.30. The quantitative estimate of drug-likeness (QED) is 0.300. The van der Waals surface area contributed by atoms with Gasteiger partial charge in [-0.3, -0.25) is 9.47 Å².